The zero-order valence-electron chi connectivity index (χ0n) is 15.6. The summed E-state index contributed by atoms with van der Waals surface area (Å²) in [7, 11) is 1.41. The Kier molecular flexibility index (Phi) is 3.63. The lowest BCUT2D eigenvalue weighted by Gasteiger charge is -2.48. The second-order valence-electron chi connectivity index (χ2n) is 8.14. The van der Waals surface area contributed by atoms with Crippen molar-refractivity contribution in [3.05, 3.63) is 41.7 Å². The zero-order valence-corrected chi connectivity index (χ0v) is 15.6. The number of amides is 1. The number of hydrogen-bond donors (Lipinski definition) is 1. The lowest BCUT2D eigenvalue weighted by molar-refractivity contribution is -0.139. The summed E-state index contributed by atoms with van der Waals surface area (Å²) in [5, 5.41) is 3.09. The molecule has 0 unspecified atom stereocenters. The van der Waals surface area contributed by atoms with Gasteiger partial charge in [0.25, 0.3) is 0 Å². The van der Waals surface area contributed by atoms with Gasteiger partial charge in [-0.3, -0.25) is 9.69 Å². The fourth-order valence-corrected chi connectivity index (χ4v) is 5.77. The minimum absolute atomic E-state index is 0.0468. The molecule has 1 N–H and O–H groups in total. The van der Waals surface area contributed by atoms with Crippen LogP contribution in [0.5, 0.6) is 0 Å². The molecule has 1 spiro atoms. The van der Waals surface area contributed by atoms with Crippen LogP contribution in [0.2, 0.25) is 0 Å². The number of nitrogens with one attached hydrogen (secondary N) is 1. The van der Waals surface area contributed by atoms with Crippen LogP contribution in [0.25, 0.3) is 0 Å². The molecule has 142 valence electrons. The highest BCUT2D eigenvalue weighted by atomic mass is 16.5. The van der Waals surface area contributed by atoms with E-state index in [1.54, 1.807) is 6.26 Å². The number of anilines is 1. The molecule has 2 fully saturated rings. The molecule has 1 aromatic carbocycles. The molecule has 0 radical (unpaired) electrons. The van der Waals surface area contributed by atoms with Gasteiger partial charge in [-0.15, -0.1) is 0 Å². The molecule has 4 heterocycles. The minimum atomic E-state index is -0.523. The normalized spacial score (nSPS) is 37.0. The van der Waals surface area contributed by atoms with Crippen LogP contribution in [0.1, 0.15) is 25.3 Å². The summed E-state index contributed by atoms with van der Waals surface area (Å²) < 4.78 is 10.8. The number of piperidine rings is 1. The summed E-state index contributed by atoms with van der Waals surface area (Å²) in [6, 6.07) is 8.10. The van der Waals surface area contributed by atoms with Gasteiger partial charge in [-0.2, -0.15) is 0 Å². The molecule has 0 aromatic heterocycles. The molecule has 5 rings (SSSR count). The first-order valence-corrected chi connectivity index (χ1v) is 9.65. The van der Waals surface area contributed by atoms with E-state index in [-0.39, 0.29) is 35.9 Å². The number of rotatable bonds is 1. The predicted molar refractivity (Wildman–Crippen MR) is 99.0 cm³/mol. The first kappa shape index (κ1) is 16.8. The van der Waals surface area contributed by atoms with E-state index >= 15 is 0 Å². The van der Waals surface area contributed by atoms with Crippen molar-refractivity contribution in [2.75, 3.05) is 25.5 Å². The smallest absolute Gasteiger partial charge is 0.337 e. The molecule has 0 saturated carbocycles. The van der Waals surface area contributed by atoms with Crippen molar-refractivity contribution in [3.8, 4) is 0 Å². The van der Waals surface area contributed by atoms with Crippen LogP contribution in [0, 0.1) is 11.8 Å². The number of fused-ring (bicyclic) bond motifs is 5. The van der Waals surface area contributed by atoms with Crippen LogP contribution in [0.15, 0.2) is 36.1 Å². The number of carbonyl (C=O) groups is 2. The van der Waals surface area contributed by atoms with Gasteiger partial charge in [0.1, 0.15) is 0 Å². The van der Waals surface area contributed by atoms with E-state index in [4.69, 9.17) is 9.47 Å². The Morgan fingerprint density at radius 2 is 2.19 bits per heavy atom. The molecule has 0 bridgehead atoms. The predicted octanol–water partition coefficient (Wildman–Crippen LogP) is 2.06. The Morgan fingerprint density at radius 1 is 1.37 bits per heavy atom. The van der Waals surface area contributed by atoms with Gasteiger partial charge in [0.2, 0.25) is 5.91 Å². The summed E-state index contributed by atoms with van der Waals surface area (Å²) in [5.74, 6) is 0.0558. The van der Waals surface area contributed by atoms with Crippen LogP contribution >= 0.6 is 0 Å². The lowest BCUT2D eigenvalue weighted by atomic mass is 9.66. The van der Waals surface area contributed by atoms with Gasteiger partial charge in [-0.25, -0.2) is 4.79 Å². The molecular formula is C21H24N2O4. The number of hydrogen-bond acceptors (Lipinski definition) is 5. The topological polar surface area (TPSA) is 67.9 Å². The third kappa shape index (κ3) is 2.16. The molecule has 1 aromatic rings. The first-order chi connectivity index (χ1) is 13.1. The second kappa shape index (κ2) is 5.83. The highest BCUT2D eigenvalue weighted by Gasteiger charge is 2.61. The highest BCUT2D eigenvalue weighted by molar-refractivity contribution is 6.07. The van der Waals surface area contributed by atoms with Gasteiger partial charge in [0.15, 0.2) is 0 Å². The summed E-state index contributed by atoms with van der Waals surface area (Å²) in [5.41, 5.74) is 2.11. The summed E-state index contributed by atoms with van der Waals surface area (Å²) in [6.45, 7) is 3.79. The zero-order chi connectivity index (χ0) is 18.8. The van der Waals surface area contributed by atoms with Crippen LogP contribution < -0.4 is 5.32 Å². The Morgan fingerprint density at radius 3 is 3.00 bits per heavy atom. The molecule has 4 aliphatic rings. The number of esters is 1. The van der Waals surface area contributed by atoms with E-state index in [2.05, 4.69) is 23.2 Å². The fraction of sp³-hybridized carbons (Fsp3) is 0.524. The van der Waals surface area contributed by atoms with E-state index < -0.39 is 5.41 Å². The van der Waals surface area contributed by atoms with Crippen molar-refractivity contribution in [2.24, 2.45) is 11.8 Å². The molecule has 5 atom stereocenters. The second-order valence-corrected chi connectivity index (χ2v) is 8.14. The number of nitrogens with zero attached hydrogens (tertiary/aromatic N) is 1. The largest absolute Gasteiger partial charge is 0.497 e. The van der Waals surface area contributed by atoms with Crippen LogP contribution in [0.3, 0.4) is 0 Å². The van der Waals surface area contributed by atoms with Crippen molar-refractivity contribution < 1.29 is 19.1 Å². The molecule has 4 aliphatic heterocycles. The summed E-state index contributed by atoms with van der Waals surface area (Å²) in [6.07, 6.45) is 3.20. The number of ether oxygens (including phenoxy) is 2. The van der Waals surface area contributed by atoms with Gasteiger partial charge in [-0.1, -0.05) is 18.2 Å². The van der Waals surface area contributed by atoms with Crippen molar-refractivity contribution in [2.45, 2.75) is 37.3 Å². The molecule has 6 heteroatoms. The molecule has 6 nitrogen and oxygen atoms in total. The van der Waals surface area contributed by atoms with Crippen LogP contribution in [-0.2, 0) is 24.5 Å². The summed E-state index contributed by atoms with van der Waals surface area (Å²) >= 11 is 0. The van der Waals surface area contributed by atoms with E-state index in [0.717, 1.165) is 37.2 Å². The quantitative estimate of drug-likeness (QED) is 0.769. The van der Waals surface area contributed by atoms with Gasteiger partial charge in [0.05, 0.1) is 30.5 Å². The van der Waals surface area contributed by atoms with E-state index in [1.807, 2.05) is 18.2 Å². The Bertz CT molecular complexity index is 850. The Labute approximate surface area is 158 Å². The monoisotopic (exact) mass is 368 g/mol. The van der Waals surface area contributed by atoms with Gasteiger partial charge < -0.3 is 14.8 Å². The molecule has 0 aliphatic carbocycles. The first-order valence-electron chi connectivity index (χ1n) is 9.65. The molecule has 1 amide bonds. The van der Waals surface area contributed by atoms with Crippen molar-refractivity contribution in [1.82, 2.24) is 4.90 Å². The SMILES string of the molecule is COC(=O)C1=CO[C@@H](C)[C@@H]2CN3CC[C@]4(C(=O)Nc5ccccc54)[C@@H]3C[C@H]12. The third-order valence-corrected chi connectivity index (χ3v) is 7.14. The standard InChI is InChI=1S/C21H24N2O4/c1-12-14-10-23-8-7-21(16-5-3-4-6-17(16)22-20(21)25)18(23)9-13(14)15(11-27-12)19(24)26-2/h3-6,11-14,18H,7-10H2,1-2H3,(H,22,25)/t12-,13-,14-,18-,21+/m0/s1. The van der Waals surface area contributed by atoms with E-state index in [9.17, 15) is 9.59 Å². The Hall–Kier alpha value is -2.34. The van der Waals surface area contributed by atoms with Gasteiger partial charge in [0, 0.05) is 30.1 Å². The number of carbonyl (C=O) groups excluding carboxylic acids is 2. The maximum absolute atomic E-state index is 13.1. The highest BCUT2D eigenvalue weighted by Crippen LogP contribution is 2.53. The molecule has 2 saturated heterocycles. The molecule has 27 heavy (non-hydrogen) atoms. The van der Waals surface area contributed by atoms with Gasteiger partial charge in [-0.05, 0) is 37.9 Å². The van der Waals surface area contributed by atoms with Crippen molar-refractivity contribution >= 4 is 17.6 Å². The van der Waals surface area contributed by atoms with E-state index in [1.165, 1.54) is 7.11 Å². The van der Waals surface area contributed by atoms with E-state index in [0.29, 0.717) is 5.57 Å². The molecular weight excluding hydrogens is 344 g/mol. The van der Waals surface area contributed by atoms with Crippen LogP contribution in [-0.4, -0.2) is 49.1 Å². The third-order valence-electron chi connectivity index (χ3n) is 7.14. The van der Waals surface area contributed by atoms with Crippen LogP contribution in [0.4, 0.5) is 5.69 Å². The maximum atomic E-state index is 13.1. The lowest BCUT2D eigenvalue weighted by Crippen LogP contribution is -2.56. The maximum Gasteiger partial charge on any atom is 0.337 e. The Balaban J connectivity index is 1.55. The average molecular weight is 368 g/mol. The number of methoxy groups -OCH3 is 1. The fourth-order valence-electron chi connectivity index (χ4n) is 5.77. The average Bonchev–Trinajstić information content (AvgIpc) is 3.20. The minimum Gasteiger partial charge on any atom is -0.497 e. The van der Waals surface area contributed by atoms with Crippen molar-refractivity contribution in [3.63, 3.8) is 0 Å². The summed E-state index contributed by atoms with van der Waals surface area (Å²) in [4.78, 5) is 27.9. The number of benzene rings is 1. The van der Waals surface area contributed by atoms with Crippen molar-refractivity contribution in [1.29, 1.82) is 0 Å². The number of para-hydroxylation sites is 1. The van der Waals surface area contributed by atoms with Gasteiger partial charge >= 0.3 is 5.97 Å².